The fourth-order valence-electron chi connectivity index (χ4n) is 4.07. The van der Waals surface area contributed by atoms with Gasteiger partial charge in [0.2, 0.25) is 5.91 Å². The highest BCUT2D eigenvalue weighted by Crippen LogP contribution is 2.36. The summed E-state index contributed by atoms with van der Waals surface area (Å²) in [6, 6.07) is 23.6. The molecular formula is C28H27N3O5. The lowest BCUT2D eigenvalue weighted by Crippen LogP contribution is -2.59. The van der Waals surface area contributed by atoms with E-state index < -0.39 is 36.0 Å². The molecule has 3 aromatic carbocycles. The van der Waals surface area contributed by atoms with Gasteiger partial charge in [-0.25, -0.2) is 4.79 Å². The molecule has 184 valence electrons. The lowest BCUT2D eigenvalue weighted by molar-refractivity contribution is -0.150. The summed E-state index contributed by atoms with van der Waals surface area (Å²) in [6.45, 7) is 2.66. The quantitative estimate of drug-likeness (QED) is 0.500. The third-order valence-corrected chi connectivity index (χ3v) is 6.00. The number of nitrogens with zero attached hydrogens (tertiary/aromatic N) is 1. The Morgan fingerprint density at radius 3 is 2.22 bits per heavy atom. The summed E-state index contributed by atoms with van der Waals surface area (Å²) >= 11 is 0. The first-order chi connectivity index (χ1) is 17.3. The summed E-state index contributed by atoms with van der Waals surface area (Å²) in [5.74, 6) is -2.08. The number of rotatable bonds is 7. The maximum absolute atomic E-state index is 13.2. The number of fused-ring (bicyclic) bond motifs is 1. The molecule has 2 N–H and O–H groups in total. The summed E-state index contributed by atoms with van der Waals surface area (Å²) in [5.41, 5.74) is 1.04. The van der Waals surface area contributed by atoms with Crippen LogP contribution in [0.25, 0.3) is 0 Å². The Bertz CT molecular complexity index is 1270. The molecule has 4 rings (SSSR count). The summed E-state index contributed by atoms with van der Waals surface area (Å²) in [7, 11) is 0. The number of carbonyl (C=O) groups is 4. The first kappa shape index (κ1) is 24.7. The van der Waals surface area contributed by atoms with Crippen molar-refractivity contribution in [2.75, 3.05) is 16.8 Å². The molecule has 3 amide bonds. The van der Waals surface area contributed by atoms with E-state index in [1.54, 1.807) is 68.4 Å². The summed E-state index contributed by atoms with van der Waals surface area (Å²) in [5, 5.41) is 5.52. The molecule has 0 spiro atoms. The second kappa shape index (κ2) is 10.4. The second-order valence-corrected chi connectivity index (χ2v) is 8.95. The van der Waals surface area contributed by atoms with Crippen molar-refractivity contribution in [1.82, 2.24) is 5.32 Å². The Kier molecular flexibility index (Phi) is 7.15. The van der Waals surface area contributed by atoms with Gasteiger partial charge in [0.1, 0.15) is 11.6 Å². The average molecular weight is 486 g/mol. The zero-order valence-corrected chi connectivity index (χ0v) is 20.1. The molecule has 0 saturated carbocycles. The number of benzene rings is 3. The molecule has 3 aromatic rings. The van der Waals surface area contributed by atoms with Crippen LogP contribution in [0.5, 0.6) is 0 Å². The van der Waals surface area contributed by atoms with Crippen LogP contribution in [-0.4, -0.2) is 41.9 Å². The van der Waals surface area contributed by atoms with Crippen LogP contribution in [0.4, 0.5) is 11.4 Å². The molecule has 0 radical (unpaired) electrons. The van der Waals surface area contributed by atoms with Crippen LogP contribution in [-0.2, 0) is 25.5 Å². The van der Waals surface area contributed by atoms with E-state index in [1.165, 1.54) is 4.90 Å². The van der Waals surface area contributed by atoms with E-state index in [2.05, 4.69) is 10.6 Å². The number of hydrogen-bond acceptors (Lipinski definition) is 5. The highest BCUT2D eigenvalue weighted by atomic mass is 16.5. The largest absolute Gasteiger partial charge is 0.454 e. The molecule has 36 heavy (non-hydrogen) atoms. The minimum absolute atomic E-state index is 0.187. The van der Waals surface area contributed by atoms with E-state index in [-0.39, 0.29) is 12.3 Å². The third kappa shape index (κ3) is 5.27. The number of ether oxygens (including phenoxy) is 1. The molecule has 8 heteroatoms. The fraction of sp³-hybridized carbons (Fsp3) is 0.214. The van der Waals surface area contributed by atoms with Gasteiger partial charge in [0, 0.05) is 12.0 Å². The predicted octanol–water partition coefficient (Wildman–Crippen LogP) is 3.33. The van der Waals surface area contributed by atoms with Gasteiger partial charge < -0.3 is 15.4 Å². The zero-order chi connectivity index (χ0) is 25.7. The van der Waals surface area contributed by atoms with Gasteiger partial charge in [-0.2, -0.15) is 0 Å². The first-order valence-corrected chi connectivity index (χ1v) is 11.6. The standard InChI is InChI=1S/C28H27N3O5/c1-28(2)27(35)30-21-15-9-10-16-23(21)31(28)24(32)18-36-26(34)22(17-19-11-5-3-6-12-19)29-25(33)20-13-7-4-8-14-20/h3-16,22H,17-18H2,1-2H3,(H,29,33)(H,30,35). The first-order valence-electron chi connectivity index (χ1n) is 11.6. The van der Waals surface area contributed by atoms with Crippen LogP contribution >= 0.6 is 0 Å². The van der Waals surface area contributed by atoms with Gasteiger partial charge in [0.25, 0.3) is 11.8 Å². The molecule has 1 aliphatic heterocycles. The minimum Gasteiger partial charge on any atom is -0.454 e. The van der Waals surface area contributed by atoms with Gasteiger partial charge in [-0.05, 0) is 43.7 Å². The Labute approximate surface area is 209 Å². The number of nitrogens with one attached hydrogen (secondary N) is 2. The molecule has 0 aromatic heterocycles. The van der Waals surface area contributed by atoms with Crippen LogP contribution in [0, 0.1) is 0 Å². The summed E-state index contributed by atoms with van der Waals surface area (Å²) in [6.07, 6.45) is 0.187. The molecule has 8 nitrogen and oxygen atoms in total. The van der Waals surface area contributed by atoms with E-state index in [1.807, 2.05) is 30.3 Å². The van der Waals surface area contributed by atoms with Crippen molar-refractivity contribution in [1.29, 1.82) is 0 Å². The van der Waals surface area contributed by atoms with Gasteiger partial charge in [0.15, 0.2) is 6.61 Å². The molecule has 0 bridgehead atoms. The minimum atomic E-state index is -1.19. The smallest absolute Gasteiger partial charge is 0.329 e. The highest BCUT2D eigenvalue weighted by molar-refractivity contribution is 6.14. The number of anilines is 2. The van der Waals surface area contributed by atoms with E-state index >= 15 is 0 Å². The van der Waals surface area contributed by atoms with Crippen molar-refractivity contribution >= 4 is 35.1 Å². The van der Waals surface area contributed by atoms with Gasteiger partial charge in [0.05, 0.1) is 11.4 Å². The Morgan fingerprint density at radius 1 is 0.917 bits per heavy atom. The van der Waals surface area contributed by atoms with Crippen molar-refractivity contribution in [3.63, 3.8) is 0 Å². The maximum Gasteiger partial charge on any atom is 0.329 e. The number of para-hydroxylation sites is 2. The summed E-state index contributed by atoms with van der Waals surface area (Å²) < 4.78 is 5.40. The topological polar surface area (TPSA) is 105 Å². The van der Waals surface area contributed by atoms with Crippen molar-refractivity contribution < 1.29 is 23.9 Å². The van der Waals surface area contributed by atoms with Crippen LogP contribution in [0.1, 0.15) is 29.8 Å². The van der Waals surface area contributed by atoms with E-state index in [9.17, 15) is 19.2 Å². The van der Waals surface area contributed by atoms with E-state index in [0.717, 1.165) is 5.56 Å². The molecule has 1 aliphatic rings. The van der Waals surface area contributed by atoms with E-state index in [4.69, 9.17) is 4.74 Å². The van der Waals surface area contributed by atoms with Crippen LogP contribution in [0.3, 0.4) is 0 Å². The number of esters is 1. The van der Waals surface area contributed by atoms with Crippen molar-refractivity contribution in [2.45, 2.75) is 31.8 Å². The maximum atomic E-state index is 13.2. The van der Waals surface area contributed by atoms with Crippen molar-refractivity contribution in [3.05, 3.63) is 96.1 Å². The van der Waals surface area contributed by atoms with Gasteiger partial charge in [-0.1, -0.05) is 60.7 Å². The SMILES string of the molecule is CC1(C)C(=O)Nc2ccccc2N1C(=O)COC(=O)C(Cc1ccccc1)NC(=O)c1ccccc1. The van der Waals surface area contributed by atoms with Gasteiger partial charge >= 0.3 is 5.97 Å². The fourth-order valence-corrected chi connectivity index (χ4v) is 4.07. The monoisotopic (exact) mass is 485 g/mol. The number of hydrogen-bond donors (Lipinski definition) is 2. The van der Waals surface area contributed by atoms with Gasteiger partial charge in [-0.15, -0.1) is 0 Å². The highest BCUT2D eigenvalue weighted by Gasteiger charge is 2.43. The van der Waals surface area contributed by atoms with Crippen LogP contribution < -0.4 is 15.5 Å². The molecule has 0 fully saturated rings. The Morgan fingerprint density at radius 2 is 1.53 bits per heavy atom. The Balaban J connectivity index is 1.50. The molecule has 1 unspecified atom stereocenters. The second-order valence-electron chi connectivity index (χ2n) is 8.95. The van der Waals surface area contributed by atoms with Crippen molar-refractivity contribution in [2.24, 2.45) is 0 Å². The molecular weight excluding hydrogens is 458 g/mol. The van der Waals surface area contributed by atoms with Crippen molar-refractivity contribution in [3.8, 4) is 0 Å². The number of amides is 3. The lowest BCUT2D eigenvalue weighted by Gasteiger charge is -2.41. The Hall–Kier alpha value is -4.46. The zero-order valence-electron chi connectivity index (χ0n) is 20.1. The molecule has 0 saturated heterocycles. The molecule has 1 heterocycles. The van der Waals surface area contributed by atoms with Crippen LogP contribution in [0.15, 0.2) is 84.9 Å². The van der Waals surface area contributed by atoms with Crippen LogP contribution in [0.2, 0.25) is 0 Å². The lowest BCUT2D eigenvalue weighted by atomic mass is 9.96. The van der Waals surface area contributed by atoms with Gasteiger partial charge in [-0.3, -0.25) is 19.3 Å². The molecule has 1 atom stereocenters. The normalized spacial score (nSPS) is 14.7. The average Bonchev–Trinajstić information content (AvgIpc) is 2.88. The molecule has 0 aliphatic carbocycles. The predicted molar refractivity (Wildman–Crippen MR) is 135 cm³/mol. The third-order valence-electron chi connectivity index (χ3n) is 6.00. The summed E-state index contributed by atoms with van der Waals surface area (Å²) in [4.78, 5) is 53.0. The van der Waals surface area contributed by atoms with E-state index in [0.29, 0.717) is 16.9 Å². The number of carbonyl (C=O) groups excluding carboxylic acids is 4.